The van der Waals surface area contributed by atoms with Gasteiger partial charge in [-0.05, 0) is 38.1 Å². The van der Waals surface area contributed by atoms with Crippen LogP contribution in [0.15, 0.2) is 30.3 Å². The van der Waals surface area contributed by atoms with E-state index in [1.807, 2.05) is 6.92 Å². The molecule has 0 aliphatic rings. The molecule has 2 rings (SSSR count). The number of carbonyl (C=O) groups excluding carboxylic acids is 1. The summed E-state index contributed by atoms with van der Waals surface area (Å²) in [5.41, 5.74) is 0.960. The largest absolute Gasteiger partial charge is 0.397 e. The number of halogens is 3. The number of aryl methyl sites for hydroxylation is 1. The topological polar surface area (TPSA) is 78.9 Å². The van der Waals surface area contributed by atoms with E-state index in [4.69, 9.17) is 0 Å². The predicted molar refractivity (Wildman–Crippen MR) is 90.0 cm³/mol. The summed E-state index contributed by atoms with van der Waals surface area (Å²) in [6.07, 6.45) is -6.04. The summed E-state index contributed by atoms with van der Waals surface area (Å²) in [7, 11) is 0. The third-order valence-electron chi connectivity index (χ3n) is 3.00. The summed E-state index contributed by atoms with van der Waals surface area (Å²) >= 11 is 0. The molecular formula is C16H18F3N5O. The van der Waals surface area contributed by atoms with Crippen LogP contribution in [0.3, 0.4) is 0 Å². The van der Waals surface area contributed by atoms with Crippen molar-refractivity contribution in [2.45, 2.75) is 26.4 Å². The number of hydrogen-bond acceptors (Lipinski definition) is 5. The van der Waals surface area contributed by atoms with Crippen molar-refractivity contribution in [2.75, 3.05) is 22.5 Å². The number of rotatable bonds is 6. The van der Waals surface area contributed by atoms with Crippen molar-refractivity contribution in [1.29, 1.82) is 0 Å². The molecule has 0 atom stereocenters. The fourth-order valence-corrected chi connectivity index (χ4v) is 2.08. The Kier molecular flexibility index (Phi) is 5.79. The van der Waals surface area contributed by atoms with Crippen LogP contribution in [-0.4, -0.2) is 28.6 Å². The van der Waals surface area contributed by atoms with Crippen molar-refractivity contribution < 1.29 is 18.0 Å². The molecule has 1 heterocycles. The van der Waals surface area contributed by atoms with E-state index in [9.17, 15) is 18.0 Å². The summed E-state index contributed by atoms with van der Waals surface area (Å²) in [6, 6.07) is 8.03. The predicted octanol–water partition coefficient (Wildman–Crippen LogP) is 3.85. The monoisotopic (exact) mass is 353 g/mol. The first-order valence-corrected chi connectivity index (χ1v) is 7.58. The molecule has 9 heteroatoms. The highest BCUT2D eigenvalue weighted by atomic mass is 19.4. The maximum Gasteiger partial charge on any atom is 0.397 e. The van der Waals surface area contributed by atoms with E-state index in [-0.39, 0.29) is 5.69 Å². The van der Waals surface area contributed by atoms with Crippen LogP contribution in [0.5, 0.6) is 0 Å². The lowest BCUT2D eigenvalue weighted by Gasteiger charge is -2.11. The molecule has 0 fully saturated rings. The Hall–Kier alpha value is -2.84. The molecule has 0 bridgehead atoms. The Labute approximate surface area is 142 Å². The molecule has 1 amide bonds. The molecule has 0 saturated carbocycles. The second-order valence-corrected chi connectivity index (χ2v) is 5.26. The van der Waals surface area contributed by atoms with Gasteiger partial charge in [0.15, 0.2) is 0 Å². The van der Waals surface area contributed by atoms with Gasteiger partial charge in [-0.1, -0.05) is 0 Å². The normalized spacial score (nSPS) is 11.1. The Bertz CT molecular complexity index is 732. The van der Waals surface area contributed by atoms with Crippen LogP contribution < -0.4 is 16.0 Å². The molecule has 2 aromatic rings. The van der Waals surface area contributed by atoms with Crippen molar-refractivity contribution >= 4 is 28.9 Å². The Morgan fingerprint density at radius 3 is 2.28 bits per heavy atom. The van der Waals surface area contributed by atoms with Crippen LogP contribution >= 0.6 is 0 Å². The number of nitrogens with one attached hydrogen (secondary N) is 3. The van der Waals surface area contributed by atoms with Gasteiger partial charge < -0.3 is 16.0 Å². The average Bonchev–Trinajstić information content (AvgIpc) is 2.47. The molecule has 0 aliphatic heterocycles. The lowest BCUT2D eigenvalue weighted by molar-refractivity contribution is -0.150. The second kappa shape index (κ2) is 7.82. The van der Waals surface area contributed by atoms with E-state index in [0.29, 0.717) is 23.1 Å². The molecular weight excluding hydrogens is 335 g/mol. The van der Waals surface area contributed by atoms with Crippen LogP contribution in [-0.2, 0) is 4.79 Å². The zero-order valence-corrected chi connectivity index (χ0v) is 13.7. The molecule has 134 valence electrons. The van der Waals surface area contributed by atoms with Crippen molar-refractivity contribution in [3.8, 4) is 0 Å². The van der Waals surface area contributed by atoms with Crippen LogP contribution in [0.4, 0.5) is 36.2 Å². The highest BCUT2D eigenvalue weighted by molar-refractivity contribution is 5.91. The van der Waals surface area contributed by atoms with E-state index < -0.39 is 18.5 Å². The van der Waals surface area contributed by atoms with Crippen LogP contribution in [0, 0.1) is 6.92 Å². The van der Waals surface area contributed by atoms with E-state index in [1.165, 1.54) is 12.1 Å². The molecule has 3 N–H and O–H groups in total. The summed E-state index contributed by atoms with van der Waals surface area (Å²) in [4.78, 5) is 19.8. The third kappa shape index (κ3) is 6.28. The summed E-state index contributed by atoms with van der Waals surface area (Å²) < 4.78 is 36.4. The van der Waals surface area contributed by atoms with Gasteiger partial charge >= 0.3 is 6.18 Å². The summed E-state index contributed by atoms with van der Waals surface area (Å²) in [5, 5.41) is 8.37. The fourth-order valence-electron chi connectivity index (χ4n) is 2.08. The molecule has 0 unspecified atom stereocenters. The van der Waals surface area contributed by atoms with E-state index in [0.717, 1.165) is 6.54 Å². The van der Waals surface area contributed by atoms with Crippen LogP contribution in [0.1, 0.15) is 19.2 Å². The fraction of sp³-hybridized carbons (Fsp3) is 0.312. The van der Waals surface area contributed by atoms with Gasteiger partial charge in [-0.25, -0.2) is 9.97 Å². The maximum absolute atomic E-state index is 12.1. The zero-order chi connectivity index (χ0) is 18.4. The van der Waals surface area contributed by atoms with Crippen molar-refractivity contribution in [2.24, 2.45) is 0 Å². The molecule has 0 radical (unpaired) electrons. The van der Waals surface area contributed by atoms with Crippen molar-refractivity contribution in [1.82, 2.24) is 9.97 Å². The quantitative estimate of drug-likeness (QED) is 0.735. The lowest BCUT2D eigenvalue weighted by Crippen LogP contribution is -2.21. The molecule has 0 spiro atoms. The van der Waals surface area contributed by atoms with E-state index in [1.54, 1.807) is 25.1 Å². The minimum atomic E-state index is -4.53. The maximum atomic E-state index is 12.1. The van der Waals surface area contributed by atoms with Gasteiger partial charge in [0.2, 0.25) is 5.91 Å². The number of nitrogens with zero attached hydrogens (tertiary/aromatic N) is 2. The molecule has 1 aromatic heterocycles. The van der Waals surface area contributed by atoms with Gasteiger partial charge in [0.25, 0.3) is 0 Å². The number of carbonyl (C=O) groups is 1. The van der Waals surface area contributed by atoms with Gasteiger partial charge in [0.05, 0.1) is 0 Å². The minimum Gasteiger partial charge on any atom is -0.370 e. The van der Waals surface area contributed by atoms with Gasteiger partial charge in [-0.15, -0.1) is 0 Å². The average molecular weight is 353 g/mol. The Morgan fingerprint density at radius 2 is 1.68 bits per heavy atom. The Balaban J connectivity index is 2.02. The molecule has 6 nitrogen and oxygen atoms in total. The number of aromatic nitrogens is 2. The SMILES string of the molecule is CCNc1cc(Nc2ccc(NC(=O)CC(F)(F)F)cc2)nc(C)n1. The van der Waals surface area contributed by atoms with Gasteiger partial charge in [-0.3, -0.25) is 4.79 Å². The number of amides is 1. The number of anilines is 4. The van der Waals surface area contributed by atoms with Gasteiger partial charge in [0, 0.05) is 24.0 Å². The third-order valence-corrected chi connectivity index (χ3v) is 3.00. The van der Waals surface area contributed by atoms with Crippen molar-refractivity contribution in [3.63, 3.8) is 0 Å². The highest BCUT2D eigenvalue weighted by Gasteiger charge is 2.31. The molecule has 25 heavy (non-hydrogen) atoms. The van der Waals surface area contributed by atoms with E-state index in [2.05, 4.69) is 25.9 Å². The Morgan fingerprint density at radius 1 is 1.08 bits per heavy atom. The molecule has 0 saturated heterocycles. The number of benzene rings is 1. The number of alkyl halides is 3. The second-order valence-electron chi connectivity index (χ2n) is 5.26. The lowest BCUT2D eigenvalue weighted by atomic mass is 10.2. The molecule has 1 aromatic carbocycles. The first kappa shape index (κ1) is 18.5. The smallest absolute Gasteiger partial charge is 0.370 e. The summed E-state index contributed by atoms with van der Waals surface area (Å²) in [5.74, 6) is 0.762. The highest BCUT2D eigenvalue weighted by Crippen LogP contribution is 2.22. The van der Waals surface area contributed by atoms with Crippen LogP contribution in [0.25, 0.3) is 0 Å². The van der Waals surface area contributed by atoms with Gasteiger partial charge in [0.1, 0.15) is 23.9 Å². The minimum absolute atomic E-state index is 0.284. The standard InChI is InChI=1S/C16H18F3N5O/c1-3-20-13-8-14(22-10(2)21-13)23-11-4-6-12(7-5-11)24-15(25)9-16(17,18)19/h4-8H,3,9H2,1-2H3,(H,24,25)(H2,20,21,22,23). The van der Waals surface area contributed by atoms with E-state index >= 15 is 0 Å². The number of hydrogen-bond donors (Lipinski definition) is 3. The van der Waals surface area contributed by atoms with Gasteiger partial charge in [-0.2, -0.15) is 13.2 Å². The molecule has 0 aliphatic carbocycles. The first-order valence-electron chi connectivity index (χ1n) is 7.58. The summed E-state index contributed by atoms with van der Waals surface area (Å²) in [6.45, 7) is 4.45. The first-order chi connectivity index (χ1) is 11.7. The van der Waals surface area contributed by atoms with Crippen molar-refractivity contribution in [3.05, 3.63) is 36.2 Å². The van der Waals surface area contributed by atoms with Crippen LogP contribution in [0.2, 0.25) is 0 Å². The zero-order valence-electron chi connectivity index (χ0n) is 13.7.